The van der Waals surface area contributed by atoms with Crippen LogP contribution in [0.15, 0.2) is 12.1 Å². The van der Waals surface area contributed by atoms with Gasteiger partial charge in [0.2, 0.25) is 0 Å². The van der Waals surface area contributed by atoms with E-state index in [2.05, 4.69) is 16.4 Å². The predicted octanol–water partition coefficient (Wildman–Crippen LogP) is 2.55. The Morgan fingerprint density at radius 3 is 2.80 bits per heavy atom. The first-order valence-corrected chi connectivity index (χ1v) is 6.64. The molecule has 7 heteroatoms. The highest BCUT2D eigenvalue weighted by atomic mass is 16.6. The Morgan fingerprint density at radius 1 is 1.50 bits per heavy atom. The molecule has 1 N–H and O–H groups in total. The highest BCUT2D eigenvalue weighted by Gasteiger charge is 2.14. The summed E-state index contributed by atoms with van der Waals surface area (Å²) >= 11 is 0. The van der Waals surface area contributed by atoms with Crippen molar-refractivity contribution in [3.63, 3.8) is 0 Å². The fraction of sp³-hybridized carbons (Fsp3) is 0.538. The molecule has 1 aromatic rings. The van der Waals surface area contributed by atoms with Crippen molar-refractivity contribution in [2.75, 3.05) is 29.9 Å². The van der Waals surface area contributed by atoms with Crippen LogP contribution in [-0.2, 0) is 0 Å². The number of pyridine rings is 1. The van der Waals surface area contributed by atoms with Crippen molar-refractivity contribution in [2.24, 2.45) is 0 Å². The molecule has 0 aliphatic rings. The first-order valence-electron chi connectivity index (χ1n) is 6.64. The molecule has 0 atom stereocenters. The summed E-state index contributed by atoms with van der Waals surface area (Å²) in [6.45, 7) is 5.79. The number of nitro groups is 1. The van der Waals surface area contributed by atoms with Crippen LogP contribution in [0.3, 0.4) is 0 Å². The summed E-state index contributed by atoms with van der Waals surface area (Å²) in [6.07, 6.45) is 1.27. The second kappa shape index (κ2) is 7.94. The molecule has 0 fully saturated rings. The van der Waals surface area contributed by atoms with Gasteiger partial charge in [-0.3, -0.25) is 10.1 Å². The van der Waals surface area contributed by atoms with Crippen LogP contribution in [0.5, 0.6) is 0 Å². The lowest BCUT2D eigenvalue weighted by Crippen LogP contribution is -2.25. The molecule has 0 unspecified atom stereocenters. The van der Waals surface area contributed by atoms with Crippen molar-refractivity contribution >= 4 is 17.3 Å². The lowest BCUT2D eigenvalue weighted by atomic mass is 10.3. The lowest BCUT2D eigenvalue weighted by Gasteiger charge is -2.21. The van der Waals surface area contributed by atoms with Gasteiger partial charge in [0.05, 0.1) is 29.5 Å². The smallest absolute Gasteiger partial charge is 0.276 e. The first kappa shape index (κ1) is 15.7. The molecule has 1 heterocycles. The van der Waals surface area contributed by atoms with Crippen LogP contribution in [0.2, 0.25) is 0 Å². The van der Waals surface area contributed by atoms with Crippen LogP contribution >= 0.6 is 0 Å². The van der Waals surface area contributed by atoms with Crippen LogP contribution < -0.4 is 10.2 Å². The molecule has 0 spiro atoms. The molecular formula is C13H19N5O2. The second-order valence-electron chi connectivity index (χ2n) is 4.24. The molecule has 7 nitrogen and oxygen atoms in total. The third kappa shape index (κ3) is 4.39. The molecule has 0 bridgehead atoms. The molecule has 0 aliphatic carbocycles. The molecule has 0 aliphatic heterocycles. The molecule has 1 aromatic heterocycles. The third-order valence-electron chi connectivity index (χ3n) is 2.76. The van der Waals surface area contributed by atoms with Gasteiger partial charge in [0, 0.05) is 19.6 Å². The van der Waals surface area contributed by atoms with E-state index in [1.165, 1.54) is 12.1 Å². The van der Waals surface area contributed by atoms with Crippen molar-refractivity contribution in [3.8, 4) is 6.07 Å². The van der Waals surface area contributed by atoms with E-state index in [1.54, 1.807) is 0 Å². The molecule has 0 radical (unpaired) electrons. The van der Waals surface area contributed by atoms with Crippen LogP contribution in [0, 0.1) is 21.4 Å². The Labute approximate surface area is 118 Å². The summed E-state index contributed by atoms with van der Waals surface area (Å²) < 4.78 is 0. The highest BCUT2D eigenvalue weighted by Crippen LogP contribution is 2.23. The zero-order valence-corrected chi connectivity index (χ0v) is 11.8. The summed E-state index contributed by atoms with van der Waals surface area (Å²) in [4.78, 5) is 16.8. The van der Waals surface area contributed by atoms with Crippen LogP contribution in [0.25, 0.3) is 0 Å². The van der Waals surface area contributed by atoms with E-state index in [9.17, 15) is 10.1 Å². The monoisotopic (exact) mass is 277 g/mol. The maximum Gasteiger partial charge on any atom is 0.276 e. The molecule has 0 saturated carbocycles. The van der Waals surface area contributed by atoms with Crippen molar-refractivity contribution in [1.82, 2.24) is 4.98 Å². The number of nitrogens with one attached hydrogen (secondary N) is 1. The third-order valence-corrected chi connectivity index (χ3v) is 2.76. The quantitative estimate of drug-likeness (QED) is 0.579. The van der Waals surface area contributed by atoms with Crippen molar-refractivity contribution in [2.45, 2.75) is 26.7 Å². The zero-order valence-electron chi connectivity index (χ0n) is 11.8. The maximum atomic E-state index is 11.0. The van der Waals surface area contributed by atoms with Gasteiger partial charge in [-0.15, -0.1) is 0 Å². The minimum Gasteiger partial charge on any atom is -0.370 e. The minimum atomic E-state index is -0.430. The minimum absolute atomic E-state index is 0.00371. The van der Waals surface area contributed by atoms with Gasteiger partial charge in [-0.05, 0) is 13.3 Å². The summed E-state index contributed by atoms with van der Waals surface area (Å²) in [5.41, 5.74) is 0.00371. The van der Waals surface area contributed by atoms with Gasteiger partial charge in [-0.1, -0.05) is 6.92 Å². The average molecular weight is 277 g/mol. The van der Waals surface area contributed by atoms with E-state index in [-0.39, 0.29) is 5.69 Å². The largest absolute Gasteiger partial charge is 0.370 e. The normalized spacial score (nSPS) is 9.85. The number of hydrogen-bond donors (Lipinski definition) is 1. The van der Waals surface area contributed by atoms with Gasteiger partial charge in [0.25, 0.3) is 5.69 Å². The Balaban J connectivity index is 3.06. The summed E-state index contributed by atoms with van der Waals surface area (Å²) in [5.74, 6) is 1.02. The van der Waals surface area contributed by atoms with E-state index >= 15 is 0 Å². The molecule has 0 aromatic carbocycles. The highest BCUT2D eigenvalue weighted by molar-refractivity contribution is 5.55. The van der Waals surface area contributed by atoms with Crippen LogP contribution in [0.4, 0.5) is 17.3 Å². The van der Waals surface area contributed by atoms with Gasteiger partial charge in [-0.25, -0.2) is 4.98 Å². The summed E-state index contributed by atoms with van der Waals surface area (Å²) in [5, 5.41) is 22.7. The fourth-order valence-corrected chi connectivity index (χ4v) is 1.73. The number of anilines is 2. The van der Waals surface area contributed by atoms with Crippen molar-refractivity contribution in [1.29, 1.82) is 5.26 Å². The number of hydrogen-bond acceptors (Lipinski definition) is 6. The van der Waals surface area contributed by atoms with Gasteiger partial charge in [-0.2, -0.15) is 5.26 Å². The Bertz CT molecular complexity index is 498. The zero-order chi connectivity index (χ0) is 15.0. The van der Waals surface area contributed by atoms with Gasteiger partial charge >= 0.3 is 0 Å². The molecule has 0 saturated heterocycles. The Morgan fingerprint density at radius 2 is 2.25 bits per heavy atom. The standard InChI is InChI=1S/C13H19N5O2/c1-3-7-15-12-9-11(18(19)20)10-13(16-12)17(4-2)8-5-6-14/h9-10H,3-5,7-8H2,1-2H3,(H,15,16). The predicted molar refractivity (Wildman–Crippen MR) is 77.8 cm³/mol. The van der Waals surface area contributed by atoms with Gasteiger partial charge in [0.1, 0.15) is 11.6 Å². The number of rotatable bonds is 8. The van der Waals surface area contributed by atoms with Crippen molar-refractivity contribution in [3.05, 3.63) is 22.2 Å². The lowest BCUT2D eigenvalue weighted by molar-refractivity contribution is -0.384. The molecular weight excluding hydrogens is 258 g/mol. The maximum absolute atomic E-state index is 11.0. The molecule has 0 amide bonds. The first-order chi connectivity index (χ1) is 9.62. The van der Waals surface area contributed by atoms with Gasteiger partial charge < -0.3 is 10.2 Å². The number of nitriles is 1. The molecule has 108 valence electrons. The number of aromatic nitrogens is 1. The summed E-state index contributed by atoms with van der Waals surface area (Å²) in [6, 6.07) is 4.94. The van der Waals surface area contributed by atoms with E-state index in [4.69, 9.17) is 5.26 Å². The SMILES string of the molecule is CCCNc1cc([N+](=O)[O-])cc(N(CC)CCC#N)n1. The van der Waals surface area contributed by atoms with E-state index in [0.29, 0.717) is 37.7 Å². The fourth-order valence-electron chi connectivity index (χ4n) is 1.73. The number of nitrogens with zero attached hydrogens (tertiary/aromatic N) is 4. The second-order valence-corrected chi connectivity index (χ2v) is 4.24. The van der Waals surface area contributed by atoms with Crippen molar-refractivity contribution < 1.29 is 4.92 Å². The summed E-state index contributed by atoms with van der Waals surface area (Å²) in [7, 11) is 0. The Hall–Kier alpha value is -2.36. The van der Waals surface area contributed by atoms with Crippen LogP contribution in [-0.4, -0.2) is 29.5 Å². The van der Waals surface area contributed by atoms with Gasteiger partial charge in [0.15, 0.2) is 0 Å². The molecule has 1 rings (SSSR count). The topological polar surface area (TPSA) is 95.1 Å². The average Bonchev–Trinajstić information content (AvgIpc) is 2.45. The van der Waals surface area contributed by atoms with E-state index in [1.807, 2.05) is 18.7 Å². The Kier molecular flexibility index (Phi) is 6.23. The molecule has 20 heavy (non-hydrogen) atoms. The van der Waals surface area contributed by atoms with Crippen LogP contribution in [0.1, 0.15) is 26.7 Å². The van der Waals surface area contributed by atoms with E-state index < -0.39 is 4.92 Å². The van der Waals surface area contributed by atoms with E-state index in [0.717, 1.165) is 6.42 Å².